The topological polar surface area (TPSA) is 149 Å². The average molecular weight is 428 g/mol. The lowest BCUT2D eigenvalue weighted by Crippen LogP contribution is -2.29. The van der Waals surface area contributed by atoms with Crippen LogP contribution in [-0.2, 0) is 32.7 Å². The van der Waals surface area contributed by atoms with Crippen molar-refractivity contribution in [1.29, 1.82) is 0 Å². The second kappa shape index (κ2) is 15.8. The van der Waals surface area contributed by atoms with E-state index < -0.39 is 51.8 Å². The van der Waals surface area contributed by atoms with E-state index in [1.54, 1.807) is 6.92 Å². The minimum Gasteiger partial charge on any atom is -0.462 e. The molecule has 0 aromatic carbocycles. The second-order valence-corrected chi connectivity index (χ2v) is 7.66. The molecule has 0 amide bonds. The van der Waals surface area contributed by atoms with Gasteiger partial charge in [0.2, 0.25) is 0 Å². The zero-order chi connectivity index (χ0) is 21.4. The Hall–Kier alpha value is -1.03. The van der Waals surface area contributed by atoms with Gasteiger partial charge in [0.25, 0.3) is 0 Å². The van der Waals surface area contributed by atoms with Crippen LogP contribution in [-0.4, -0.2) is 65.7 Å². The van der Waals surface area contributed by atoms with E-state index in [0.29, 0.717) is 6.42 Å². The van der Waals surface area contributed by atoms with Crippen LogP contribution < -0.4 is 0 Å². The Morgan fingerprint density at radius 2 is 1.61 bits per heavy atom. The number of hydrogen-bond donors (Lipinski definition) is 3. The lowest BCUT2D eigenvalue weighted by molar-refractivity contribution is -0.161. The Labute approximate surface area is 165 Å². The van der Waals surface area contributed by atoms with Crippen LogP contribution >= 0.6 is 7.82 Å². The fraction of sp³-hybridized carbons (Fsp3) is 0.882. The Morgan fingerprint density at radius 3 is 2.21 bits per heavy atom. The van der Waals surface area contributed by atoms with Crippen molar-refractivity contribution in [2.45, 2.75) is 71.0 Å². The third kappa shape index (κ3) is 15.0. The molecule has 0 bridgehead atoms. The van der Waals surface area contributed by atoms with Crippen molar-refractivity contribution in [1.82, 2.24) is 0 Å². The first-order chi connectivity index (χ1) is 13.2. The predicted molar refractivity (Wildman–Crippen MR) is 99.3 cm³/mol. The summed E-state index contributed by atoms with van der Waals surface area (Å²) in [7, 11) is -4.55. The minimum absolute atomic E-state index is 0.125. The summed E-state index contributed by atoms with van der Waals surface area (Å²) in [4.78, 5) is 32.8. The van der Waals surface area contributed by atoms with Gasteiger partial charge in [-0.05, 0) is 6.42 Å². The Kier molecular flexibility index (Phi) is 15.3. The van der Waals surface area contributed by atoms with Gasteiger partial charge in [0.1, 0.15) is 12.7 Å². The molecule has 11 heteroatoms. The molecule has 0 spiro atoms. The lowest BCUT2D eigenvalue weighted by Gasteiger charge is -2.20. The number of aliphatic hydroxyl groups is 2. The standard InChI is InChI=1S/C17H33O10P/c1-3-5-6-7-8-9-17(21)27-15(12-24-16(20)4-2)13-26-28(22,23)25-11-14(19)10-18/h14-15,18-19H,3-13H2,1-2H3,(H,22,23). The molecule has 0 aromatic rings. The van der Waals surface area contributed by atoms with Crippen LogP contribution in [0.1, 0.15) is 58.8 Å². The molecule has 0 heterocycles. The van der Waals surface area contributed by atoms with Crippen molar-refractivity contribution in [2.24, 2.45) is 0 Å². The number of phosphoric acid groups is 1. The van der Waals surface area contributed by atoms with Crippen LogP contribution in [0.4, 0.5) is 0 Å². The third-order valence-corrected chi connectivity index (χ3v) is 4.52. The van der Waals surface area contributed by atoms with E-state index in [0.717, 1.165) is 25.7 Å². The average Bonchev–Trinajstić information content (AvgIpc) is 2.67. The maximum atomic E-state index is 11.9. The maximum Gasteiger partial charge on any atom is 0.472 e. The molecule has 0 radical (unpaired) electrons. The summed E-state index contributed by atoms with van der Waals surface area (Å²) in [6, 6.07) is 0. The summed E-state index contributed by atoms with van der Waals surface area (Å²) < 4.78 is 31.1. The molecule has 3 unspecified atom stereocenters. The van der Waals surface area contributed by atoms with Gasteiger partial charge in [0.15, 0.2) is 6.10 Å². The number of aliphatic hydroxyl groups excluding tert-OH is 2. The number of hydrogen-bond acceptors (Lipinski definition) is 9. The van der Waals surface area contributed by atoms with E-state index in [1.165, 1.54) is 0 Å². The molecular weight excluding hydrogens is 395 g/mol. The zero-order valence-electron chi connectivity index (χ0n) is 16.6. The highest BCUT2D eigenvalue weighted by atomic mass is 31.2. The van der Waals surface area contributed by atoms with E-state index in [1.807, 2.05) is 0 Å². The fourth-order valence-corrected chi connectivity index (χ4v) is 2.76. The third-order valence-electron chi connectivity index (χ3n) is 3.57. The summed E-state index contributed by atoms with van der Waals surface area (Å²) >= 11 is 0. The van der Waals surface area contributed by atoms with Crippen molar-refractivity contribution in [3.05, 3.63) is 0 Å². The highest BCUT2D eigenvalue weighted by Gasteiger charge is 2.26. The van der Waals surface area contributed by atoms with Crippen LogP contribution in [0, 0.1) is 0 Å². The Bertz CT molecular complexity index is 485. The number of phosphoric ester groups is 1. The first-order valence-corrected chi connectivity index (χ1v) is 11.0. The molecule has 0 saturated heterocycles. The molecule has 0 fully saturated rings. The van der Waals surface area contributed by atoms with E-state index in [4.69, 9.17) is 24.2 Å². The van der Waals surface area contributed by atoms with Gasteiger partial charge in [-0.3, -0.25) is 18.6 Å². The molecule has 10 nitrogen and oxygen atoms in total. The van der Waals surface area contributed by atoms with Crippen LogP contribution in [0.15, 0.2) is 0 Å². The van der Waals surface area contributed by atoms with Gasteiger partial charge in [-0.25, -0.2) is 4.57 Å². The normalized spacial score (nSPS) is 15.5. The smallest absolute Gasteiger partial charge is 0.462 e. The molecule has 0 aliphatic carbocycles. The minimum atomic E-state index is -4.55. The van der Waals surface area contributed by atoms with Crippen LogP contribution in [0.2, 0.25) is 0 Å². The van der Waals surface area contributed by atoms with E-state index in [9.17, 15) is 19.0 Å². The van der Waals surface area contributed by atoms with Crippen molar-refractivity contribution in [2.75, 3.05) is 26.4 Å². The molecule has 3 atom stereocenters. The van der Waals surface area contributed by atoms with Gasteiger partial charge >= 0.3 is 19.8 Å². The molecule has 0 rings (SSSR count). The number of rotatable bonds is 17. The van der Waals surface area contributed by atoms with Crippen molar-refractivity contribution in [3.63, 3.8) is 0 Å². The monoisotopic (exact) mass is 428 g/mol. The number of carbonyl (C=O) groups excluding carboxylic acids is 2. The predicted octanol–water partition coefficient (Wildman–Crippen LogP) is 1.70. The summed E-state index contributed by atoms with van der Waals surface area (Å²) in [5.74, 6) is -1.04. The summed E-state index contributed by atoms with van der Waals surface area (Å²) in [6.07, 6.45) is 2.64. The van der Waals surface area contributed by atoms with E-state index >= 15 is 0 Å². The highest BCUT2D eigenvalue weighted by molar-refractivity contribution is 7.47. The molecule has 3 N–H and O–H groups in total. The lowest BCUT2D eigenvalue weighted by atomic mass is 10.1. The van der Waals surface area contributed by atoms with Gasteiger partial charge < -0.3 is 24.6 Å². The summed E-state index contributed by atoms with van der Waals surface area (Å²) in [6.45, 7) is 1.56. The van der Waals surface area contributed by atoms with Gasteiger partial charge in [0, 0.05) is 12.8 Å². The highest BCUT2D eigenvalue weighted by Crippen LogP contribution is 2.43. The number of carbonyl (C=O) groups is 2. The fourth-order valence-electron chi connectivity index (χ4n) is 1.97. The van der Waals surface area contributed by atoms with Gasteiger partial charge in [-0.15, -0.1) is 0 Å². The van der Waals surface area contributed by atoms with Gasteiger partial charge in [0.05, 0.1) is 19.8 Å². The molecule has 0 aliphatic rings. The van der Waals surface area contributed by atoms with E-state index in [-0.39, 0.29) is 19.4 Å². The number of unbranched alkanes of at least 4 members (excludes halogenated alkanes) is 4. The van der Waals surface area contributed by atoms with E-state index in [2.05, 4.69) is 11.4 Å². The van der Waals surface area contributed by atoms with Crippen molar-refractivity contribution in [3.8, 4) is 0 Å². The molecule has 0 aromatic heterocycles. The Balaban J connectivity index is 4.51. The van der Waals surface area contributed by atoms with Gasteiger partial charge in [-0.2, -0.15) is 0 Å². The Morgan fingerprint density at radius 1 is 0.964 bits per heavy atom. The first-order valence-electron chi connectivity index (χ1n) is 9.49. The maximum absolute atomic E-state index is 11.9. The van der Waals surface area contributed by atoms with Crippen molar-refractivity contribution < 1.29 is 47.8 Å². The molecule has 0 saturated carbocycles. The van der Waals surface area contributed by atoms with Crippen LogP contribution in [0.25, 0.3) is 0 Å². The second-order valence-electron chi connectivity index (χ2n) is 6.21. The first kappa shape index (κ1) is 27.0. The van der Waals surface area contributed by atoms with Crippen molar-refractivity contribution >= 4 is 19.8 Å². The number of esters is 2. The zero-order valence-corrected chi connectivity index (χ0v) is 17.5. The van der Waals surface area contributed by atoms with Gasteiger partial charge in [-0.1, -0.05) is 39.5 Å². The molecule has 28 heavy (non-hydrogen) atoms. The molecule has 166 valence electrons. The number of ether oxygens (including phenoxy) is 2. The van der Waals surface area contributed by atoms with Crippen LogP contribution in [0.5, 0.6) is 0 Å². The quantitative estimate of drug-likeness (QED) is 0.177. The summed E-state index contributed by atoms with van der Waals surface area (Å²) in [5, 5.41) is 17.8. The largest absolute Gasteiger partial charge is 0.472 e. The van der Waals surface area contributed by atoms with Crippen LogP contribution in [0.3, 0.4) is 0 Å². The SMILES string of the molecule is CCCCCCCC(=O)OC(COC(=O)CC)COP(=O)(O)OCC(O)CO. The molecular formula is C17H33O10P. The summed E-state index contributed by atoms with van der Waals surface area (Å²) in [5.41, 5.74) is 0. The molecule has 0 aliphatic heterocycles.